The Balaban J connectivity index is 2.23. The second-order valence-electron chi connectivity index (χ2n) is 6.28. The number of nitro benzene ring substituents is 1. The van der Waals surface area contributed by atoms with Gasteiger partial charge in [-0.3, -0.25) is 14.9 Å². The molecular formula is C18H15F4NO4. The number of hydrogen-bond acceptors (Lipinski definition) is 4. The van der Waals surface area contributed by atoms with Crippen LogP contribution in [-0.2, 0) is 23.8 Å². The van der Waals surface area contributed by atoms with Crippen molar-refractivity contribution in [3.63, 3.8) is 0 Å². The van der Waals surface area contributed by atoms with Gasteiger partial charge in [0.15, 0.2) is 5.78 Å². The van der Waals surface area contributed by atoms with Crippen molar-refractivity contribution in [3.05, 3.63) is 75.1 Å². The summed E-state index contributed by atoms with van der Waals surface area (Å²) in [5.41, 5.74) is -4.13. The zero-order chi connectivity index (χ0) is 20.4. The number of nitro groups is 1. The van der Waals surface area contributed by atoms with Crippen molar-refractivity contribution in [2.24, 2.45) is 0 Å². The van der Waals surface area contributed by atoms with Crippen LogP contribution in [0.3, 0.4) is 0 Å². The first kappa shape index (κ1) is 20.5. The van der Waals surface area contributed by atoms with Crippen LogP contribution in [0.4, 0.5) is 23.2 Å². The average Bonchev–Trinajstić information content (AvgIpc) is 2.55. The number of aliphatic hydroxyl groups is 1. The molecule has 0 aliphatic heterocycles. The van der Waals surface area contributed by atoms with Gasteiger partial charge in [0, 0.05) is 18.9 Å². The lowest BCUT2D eigenvalue weighted by atomic mass is 9.88. The maximum absolute atomic E-state index is 13.0. The molecule has 0 saturated carbocycles. The van der Waals surface area contributed by atoms with Gasteiger partial charge in [0.1, 0.15) is 17.0 Å². The van der Waals surface area contributed by atoms with Crippen molar-refractivity contribution >= 4 is 11.5 Å². The number of nitrogens with zero attached hydrogens (tertiary/aromatic N) is 1. The molecule has 0 bridgehead atoms. The molecule has 2 aromatic rings. The Labute approximate surface area is 151 Å². The van der Waals surface area contributed by atoms with Gasteiger partial charge in [-0.25, -0.2) is 4.39 Å². The Bertz CT molecular complexity index is 861. The molecule has 0 spiro atoms. The van der Waals surface area contributed by atoms with Gasteiger partial charge in [-0.15, -0.1) is 0 Å². The predicted molar refractivity (Wildman–Crippen MR) is 87.5 cm³/mol. The van der Waals surface area contributed by atoms with E-state index in [1.54, 1.807) is 0 Å². The molecule has 9 heteroatoms. The van der Waals surface area contributed by atoms with E-state index in [9.17, 15) is 37.6 Å². The van der Waals surface area contributed by atoms with Crippen LogP contribution < -0.4 is 0 Å². The van der Waals surface area contributed by atoms with Gasteiger partial charge in [0.2, 0.25) is 0 Å². The molecule has 1 atom stereocenters. The van der Waals surface area contributed by atoms with Gasteiger partial charge in [-0.1, -0.05) is 18.2 Å². The molecule has 0 aliphatic carbocycles. The van der Waals surface area contributed by atoms with E-state index < -0.39 is 46.0 Å². The van der Waals surface area contributed by atoms with Crippen LogP contribution in [0, 0.1) is 15.9 Å². The number of alkyl halides is 3. The van der Waals surface area contributed by atoms with Crippen molar-refractivity contribution < 1.29 is 32.4 Å². The van der Waals surface area contributed by atoms with Crippen molar-refractivity contribution in [1.82, 2.24) is 0 Å². The molecule has 2 aromatic carbocycles. The third-order valence-corrected chi connectivity index (χ3v) is 3.99. The van der Waals surface area contributed by atoms with Crippen LogP contribution in [0.1, 0.15) is 23.6 Å². The Morgan fingerprint density at radius 2 is 1.67 bits per heavy atom. The topological polar surface area (TPSA) is 80.4 Å². The third-order valence-electron chi connectivity index (χ3n) is 3.99. The van der Waals surface area contributed by atoms with E-state index in [2.05, 4.69) is 0 Å². The fourth-order valence-electron chi connectivity index (χ4n) is 2.55. The zero-order valence-electron chi connectivity index (χ0n) is 14.1. The number of halogens is 4. The summed E-state index contributed by atoms with van der Waals surface area (Å²) in [4.78, 5) is 22.0. The number of carbonyl (C=O) groups excluding carboxylic acids is 1. The fraction of sp³-hybridized carbons (Fsp3) is 0.278. The molecule has 5 nitrogen and oxygen atoms in total. The van der Waals surface area contributed by atoms with E-state index in [0.717, 1.165) is 18.2 Å². The van der Waals surface area contributed by atoms with Gasteiger partial charge in [0.05, 0.1) is 4.92 Å². The summed E-state index contributed by atoms with van der Waals surface area (Å²) in [6, 6.07) is 7.32. The third kappa shape index (κ3) is 5.10. The van der Waals surface area contributed by atoms with Crippen molar-refractivity contribution in [3.8, 4) is 0 Å². The first-order valence-electron chi connectivity index (χ1n) is 7.75. The number of carbonyl (C=O) groups is 1. The van der Waals surface area contributed by atoms with Crippen LogP contribution in [0.2, 0.25) is 0 Å². The number of Topliss-reactive ketones (excluding diaryl/α,β-unsaturated/α-hetero) is 1. The Kier molecular flexibility index (Phi) is 5.65. The minimum atomic E-state index is -4.96. The molecule has 0 aliphatic rings. The summed E-state index contributed by atoms with van der Waals surface area (Å²) in [6.45, 7) is 1.20. The van der Waals surface area contributed by atoms with E-state index in [-0.39, 0.29) is 12.0 Å². The average molecular weight is 385 g/mol. The first-order valence-corrected chi connectivity index (χ1v) is 7.75. The van der Waals surface area contributed by atoms with Crippen LogP contribution in [0.5, 0.6) is 0 Å². The highest BCUT2D eigenvalue weighted by Crippen LogP contribution is 2.36. The fourth-order valence-corrected chi connectivity index (χ4v) is 2.55. The minimum absolute atomic E-state index is 0.114. The summed E-state index contributed by atoms with van der Waals surface area (Å²) < 4.78 is 52.0. The van der Waals surface area contributed by atoms with Crippen LogP contribution in [0.15, 0.2) is 42.5 Å². The Morgan fingerprint density at radius 1 is 1.11 bits per heavy atom. The SMILES string of the molecule is C[C@](O)(Cc1ccc(F)cc1)C(=O)Cc1ccc([N+](=O)[O-])c(C(F)(F)F)c1. The first-order chi connectivity index (χ1) is 12.4. The molecular weight excluding hydrogens is 370 g/mol. The molecule has 27 heavy (non-hydrogen) atoms. The van der Waals surface area contributed by atoms with Gasteiger partial charge in [-0.2, -0.15) is 13.2 Å². The molecule has 0 amide bonds. The van der Waals surface area contributed by atoms with Crippen LogP contribution in [0.25, 0.3) is 0 Å². The predicted octanol–water partition coefficient (Wildman–Crippen LogP) is 3.86. The Hall–Kier alpha value is -2.81. The van der Waals surface area contributed by atoms with Crippen molar-refractivity contribution in [2.45, 2.75) is 31.5 Å². The maximum Gasteiger partial charge on any atom is 0.423 e. The minimum Gasteiger partial charge on any atom is -0.382 e. The van der Waals surface area contributed by atoms with E-state index in [1.807, 2.05) is 0 Å². The molecule has 0 radical (unpaired) electrons. The summed E-state index contributed by atoms with van der Waals surface area (Å²) in [5, 5.41) is 21.1. The summed E-state index contributed by atoms with van der Waals surface area (Å²) in [6.07, 6.45) is -5.67. The van der Waals surface area contributed by atoms with Gasteiger partial charge in [0.25, 0.3) is 5.69 Å². The zero-order valence-corrected chi connectivity index (χ0v) is 14.1. The lowest BCUT2D eigenvalue weighted by Gasteiger charge is -2.22. The van der Waals surface area contributed by atoms with Crippen molar-refractivity contribution in [1.29, 1.82) is 0 Å². The van der Waals surface area contributed by atoms with Gasteiger partial charge >= 0.3 is 6.18 Å². The second kappa shape index (κ2) is 7.43. The van der Waals surface area contributed by atoms with E-state index >= 15 is 0 Å². The van der Waals surface area contributed by atoms with E-state index in [4.69, 9.17) is 0 Å². The molecule has 0 heterocycles. The summed E-state index contributed by atoms with van der Waals surface area (Å²) in [7, 11) is 0. The smallest absolute Gasteiger partial charge is 0.382 e. The number of hydrogen-bond donors (Lipinski definition) is 1. The van der Waals surface area contributed by atoms with Gasteiger partial charge in [-0.05, 0) is 36.2 Å². The monoisotopic (exact) mass is 385 g/mol. The standard InChI is InChI=1S/C18H15F4NO4/c1-17(25,10-11-2-5-13(19)6-3-11)16(24)9-12-4-7-15(23(26)27)14(8-12)18(20,21)22/h2-8,25H,9-10H2,1H3/t17-/m0/s1. The highest BCUT2D eigenvalue weighted by Gasteiger charge is 2.39. The maximum atomic E-state index is 13.0. The van der Waals surface area contributed by atoms with Crippen molar-refractivity contribution in [2.75, 3.05) is 0 Å². The Morgan fingerprint density at radius 3 is 2.19 bits per heavy atom. The highest BCUT2D eigenvalue weighted by molar-refractivity contribution is 5.89. The molecule has 0 aromatic heterocycles. The second-order valence-corrected chi connectivity index (χ2v) is 6.28. The van der Waals surface area contributed by atoms with Gasteiger partial charge < -0.3 is 5.11 Å². The lowest BCUT2D eigenvalue weighted by Crippen LogP contribution is -2.38. The van der Waals surface area contributed by atoms with E-state index in [0.29, 0.717) is 17.7 Å². The molecule has 0 saturated heterocycles. The highest BCUT2D eigenvalue weighted by atomic mass is 19.4. The van der Waals surface area contributed by atoms with Crippen LogP contribution in [-0.4, -0.2) is 21.4 Å². The molecule has 0 fully saturated rings. The molecule has 1 N–H and O–H groups in total. The summed E-state index contributed by atoms with van der Waals surface area (Å²) >= 11 is 0. The van der Waals surface area contributed by atoms with E-state index in [1.165, 1.54) is 19.1 Å². The quantitative estimate of drug-likeness (QED) is 0.465. The largest absolute Gasteiger partial charge is 0.423 e. The number of benzene rings is 2. The van der Waals surface area contributed by atoms with Crippen LogP contribution >= 0.6 is 0 Å². The molecule has 0 unspecified atom stereocenters. The normalized spacial score (nSPS) is 13.9. The molecule has 2 rings (SSSR count). The number of ketones is 1. The number of rotatable bonds is 6. The summed E-state index contributed by atoms with van der Waals surface area (Å²) in [5.74, 6) is -1.26. The molecule has 144 valence electrons. The lowest BCUT2D eigenvalue weighted by molar-refractivity contribution is -0.388.